The van der Waals surface area contributed by atoms with Gasteiger partial charge in [-0.2, -0.15) is 4.31 Å². The fourth-order valence-corrected chi connectivity index (χ4v) is 5.64. The first-order valence-corrected chi connectivity index (χ1v) is 12.7. The van der Waals surface area contributed by atoms with Crippen molar-refractivity contribution in [1.29, 1.82) is 0 Å². The summed E-state index contributed by atoms with van der Waals surface area (Å²) in [6.45, 7) is 8.06. The average Bonchev–Trinajstić information content (AvgIpc) is 2.74. The first kappa shape index (κ1) is 24.2. The number of pyridine rings is 1. The maximum atomic E-state index is 13.2. The van der Waals surface area contributed by atoms with E-state index in [0.29, 0.717) is 34.9 Å². The molecule has 9 heteroatoms. The van der Waals surface area contributed by atoms with Gasteiger partial charge in [-0.1, -0.05) is 25.6 Å². The number of hydrogen-bond donors (Lipinski definition) is 1. The number of nitrogens with one attached hydrogen (secondary N) is 1. The number of halogens is 1. The van der Waals surface area contributed by atoms with Gasteiger partial charge in [-0.05, 0) is 67.4 Å². The van der Waals surface area contributed by atoms with Crippen LogP contribution in [0.15, 0.2) is 52.4 Å². The lowest BCUT2D eigenvalue weighted by Crippen LogP contribution is -2.30. The molecule has 0 aliphatic carbocycles. The van der Waals surface area contributed by atoms with E-state index in [4.69, 9.17) is 0 Å². The fourth-order valence-electron chi connectivity index (χ4n) is 3.38. The van der Waals surface area contributed by atoms with Crippen molar-refractivity contribution in [3.05, 3.63) is 59.4 Å². The molecular formula is C23H26FN3O3S2. The SMILES string of the molecule is CCN(CC)S(=O)(=O)c1ccc2nc(SCC(=O)Nc3ccc(F)cc3C)cc(C)c2c1. The highest BCUT2D eigenvalue weighted by Gasteiger charge is 2.22. The number of amides is 1. The predicted molar refractivity (Wildman–Crippen MR) is 127 cm³/mol. The van der Waals surface area contributed by atoms with E-state index >= 15 is 0 Å². The number of aryl methyl sites for hydroxylation is 2. The van der Waals surface area contributed by atoms with Gasteiger partial charge in [0.1, 0.15) is 5.82 Å². The van der Waals surface area contributed by atoms with Gasteiger partial charge in [0.25, 0.3) is 0 Å². The number of benzene rings is 2. The van der Waals surface area contributed by atoms with Gasteiger partial charge >= 0.3 is 0 Å². The van der Waals surface area contributed by atoms with E-state index in [-0.39, 0.29) is 22.4 Å². The summed E-state index contributed by atoms with van der Waals surface area (Å²) in [5.74, 6) is -0.424. The summed E-state index contributed by atoms with van der Waals surface area (Å²) in [4.78, 5) is 17.1. The Kier molecular flexibility index (Phi) is 7.53. The van der Waals surface area contributed by atoms with E-state index in [1.165, 1.54) is 34.3 Å². The van der Waals surface area contributed by atoms with E-state index in [1.54, 1.807) is 25.1 Å². The number of rotatable bonds is 8. The lowest BCUT2D eigenvalue weighted by Gasteiger charge is -2.19. The standard InChI is InChI=1S/C23H26FN3O3S2/c1-5-27(6-2)32(29,30)18-8-10-21-19(13-18)15(3)12-23(26-21)31-14-22(28)25-20-9-7-17(24)11-16(20)4/h7-13H,5-6,14H2,1-4H3,(H,25,28). The molecule has 6 nitrogen and oxygen atoms in total. The molecule has 0 aliphatic heterocycles. The van der Waals surface area contributed by atoms with Crippen LogP contribution in [0.2, 0.25) is 0 Å². The second kappa shape index (κ2) is 9.97. The Balaban J connectivity index is 1.77. The van der Waals surface area contributed by atoms with Crippen LogP contribution in [0.3, 0.4) is 0 Å². The largest absolute Gasteiger partial charge is 0.325 e. The van der Waals surface area contributed by atoms with Crippen LogP contribution in [0.1, 0.15) is 25.0 Å². The molecule has 0 fully saturated rings. The van der Waals surface area contributed by atoms with Crippen molar-refractivity contribution in [2.75, 3.05) is 24.2 Å². The number of nitrogens with zero attached hydrogens (tertiary/aromatic N) is 2. The van der Waals surface area contributed by atoms with Gasteiger partial charge in [0.15, 0.2) is 0 Å². The second-order valence-corrected chi connectivity index (χ2v) is 10.3. The Labute approximate surface area is 192 Å². The van der Waals surface area contributed by atoms with Gasteiger partial charge in [-0.25, -0.2) is 17.8 Å². The number of anilines is 1. The van der Waals surface area contributed by atoms with Crippen LogP contribution in [-0.2, 0) is 14.8 Å². The van der Waals surface area contributed by atoms with Crippen molar-refractivity contribution in [3.8, 4) is 0 Å². The van der Waals surface area contributed by atoms with Crippen molar-refractivity contribution in [2.24, 2.45) is 0 Å². The van der Waals surface area contributed by atoms with Crippen LogP contribution in [0.25, 0.3) is 10.9 Å². The first-order valence-electron chi connectivity index (χ1n) is 10.3. The zero-order valence-electron chi connectivity index (χ0n) is 18.5. The molecule has 1 amide bonds. The molecule has 1 N–H and O–H groups in total. The van der Waals surface area contributed by atoms with Gasteiger partial charge in [0, 0.05) is 24.2 Å². The third kappa shape index (κ3) is 5.28. The molecule has 0 aliphatic rings. The molecular weight excluding hydrogens is 449 g/mol. The maximum Gasteiger partial charge on any atom is 0.243 e. The summed E-state index contributed by atoms with van der Waals surface area (Å²) in [6, 6.07) is 11.0. The van der Waals surface area contributed by atoms with Gasteiger partial charge in [-0.15, -0.1) is 0 Å². The molecule has 1 heterocycles. The molecule has 1 aromatic heterocycles. The molecule has 0 unspecified atom stereocenters. The molecule has 0 bridgehead atoms. The first-order chi connectivity index (χ1) is 15.1. The number of aromatic nitrogens is 1. The van der Waals surface area contributed by atoms with Crippen molar-refractivity contribution < 1.29 is 17.6 Å². The summed E-state index contributed by atoms with van der Waals surface area (Å²) >= 11 is 1.28. The summed E-state index contributed by atoms with van der Waals surface area (Å²) in [5.41, 5.74) is 2.77. The van der Waals surface area contributed by atoms with Gasteiger partial charge in [0.05, 0.1) is 21.2 Å². The number of thioether (sulfide) groups is 1. The van der Waals surface area contributed by atoms with Crippen molar-refractivity contribution in [2.45, 2.75) is 37.6 Å². The van der Waals surface area contributed by atoms with Crippen molar-refractivity contribution in [3.63, 3.8) is 0 Å². The van der Waals surface area contributed by atoms with E-state index in [2.05, 4.69) is 10.3 Å². The van der Waals surface area contributed by atoms with Crippen LogP contribution in [-0.4, -0.2) is 42.5 Å². The monoisotopic (exact) mass is 475 g/mol. The van der Waals surface area contributed by atoms with Crippen LogP contribution in [0, 0.1) is 19.7 Å². The minimum atomic E-state index is -3.55. The van der Waals surface area contributed by atoms with Crippen LogP contribution in [0.5, 0.6) is 0 Å². The molecule has 0 radical (unpaired) electrons. The number of carbonyl (C=O) groups is 1. The molecule has 32 heavy (non-hydrogen) atoms. The van der Waals surface area contributed by atoms with Gasteiger partial charge in [0.2, 0.25) is 15.9 Å². The molecule has 0 saturated carbocycles. The lowest BCUT2D eigenvalue weighted by atomic mass is 10.1. The average molecular weight is 476 g/mol. The smallest absolute Gasteiger partial charge is 0.243 e. The Morgan fingerprint density at radius 1 is 1.06 bits per heavy atom. The second-order valence-electron chi connectivity index (χ2n) is 7.34. The highest BCUT2D eigenvalue weighted by Crippen LogP contribution is 2.27. The molecule has 170 valence electrons. The minimum absolute atomic E-state index is 0.142. The zero-order valence-corrected chi connectivity index (χ0v) is 20.1. The quantitative estimate of drug-likeness (QED) is 0.476. The Hall–Kier alpha value is -2.49. The van der Waals surface area contributed by atoms with Crippen LogP contribution < -0.4 is 5.32 Å². The van der Waals surface area contributed by atoms with Crippen LogP contribution in [0.4, 0.5) is 10.1 Å². The van der Waals surface area contributed by atoms with E-state index < -0.39 is 10.0 Å². The van der Waals surface area contributed by atoms with E-state index in [1.807, 2.05) is 26.8 Å². The molecule has 0 atom stereocenters. The molecule has 0 saturated heterocycles. The van der Waals surface area contributed by atoms with Gasteiger partial charge < -0.3 is 5.32 Å². The Morgan fingerprint density at radius 3 is 2.44 bits per heavy atom. The van der Waals surface area contributed by atoms with E-state index in [9.17, 15) is 17.6 Å². The maximum absolute atomic E-state index is 13.2. The highest BCUT2D eigenvalue weighted by molar-refractivity contribution is 7.99. The lowest BCUT2D eigenvalue weighted by molar-refractivity contribution is -0.113. The Morgan fingerprint density at radius 2 is 1.78 bits per heavy atom. The number of fused-ring (bicyclic) bond motifs is 1. The summed E-state index contributed by atoms with van der Waals surface area (Å²) in [7, 11) is -3.55. The third-order valence-corrected chi connectivity index (χ3v) is 8.08. The summed E-state index contributed by atoms with van der Waals surface area (Å²) in [6.07, 6.45) is 0. The molecule has 2 aromatic carbocycles. The summed E-state index contributed by atoms with van der Waals surface area (Å²) in [5, 5.41) is 4.20. The zero-order chi connectivity index (χ0) is 23.5. The van der Waals surface area contributed by atoms with E-state index in [0.717, 1.165) is 10.9 Å². The normalized spacial score (nSPS) is 11.8. The topological polar surface area (TPSA) is 79.4 Å². The number of hydrogen-bond acceptors (Lipinski definition) is 5. The molecule has 3 rings (SSSR count). The number of sulfonamides is 1. The summed E-state index contributed by atoms with van der Waals surface area (Å²) < 4.78 is 40.3. The third-order valence-electron chi connectivity index (χ3n) is 5.12. The fraction of sp³-hybridized carbons (Fsp3) is 0.304. The highest BCUT2D eigenvalue weighted by atomic mass is 32.2. The minimum Gasteiger partial charge on any atom is -0.325 e. The van der Waals surface area contributed by atoms with Gasteiger partial charge in [-0.3, -0.25) is 4.79 Å². The number of carbonyl (C=O) groups excluding carboxylic acids is 1. The predicted octanol–water partition coefficient (Wildman–Crippen LogP) is 4.75. The molecule has 0 spiro atoms. The van der Waals surface area contributed by atoms with Crippen molar-refractivity contribution in [1.82, 2.24) is 9.29 Å². The Bertz CT molecular complexity index is 1260. The molecule has 3 aromatic rings. The van der Waals surface area contributed by atoms with Crippen molar-refractivity contribution >= 4 is 44.3 Å². The van der Waals surface area contributed by atoms with Crippen LogP contribution >= 0.6 is 11.8 Å².